The second kappa shape index (κ2) is 8.15. The van der Waals surface area contributed by atoms with Crippen molar-refractivity contribution in [1.82, 2.24) is 10.2 Å². The Morgan fingerprint density at radius 1 is 1.44 bits per heavy atom. The van der Waals surface area contributed by atoms with Crippen LogP contribution in [0.5, 0.6) is 0 Å². The van der Waals surface area contributed by atoms with E-state index < -0.39 is 11.9 Å². The van der Waals surface area contributed by atoms with Gasteiger partial charge < -0.3 is 10.1 Å². The Morgan fingerprint density at radius 3 is 2.80 bits per heavy atom. The first-order chi connectivity index (χ1) is 11.8. The average molecular weight is 363 g/mol. The van der Waals surface area contributed by atoms with Gasteiger partial charge in [-0.1, -0.05) is 12.2 Å². The number of rotatable bonds is 6. The molecule has 0 saturated carbocycles. The number of hydrogen-bond donors (Lipinski definition) is 1. The van der Waals surface area contributed by atoms with Crippen LogP contribution >= 0.6 is 12.2 Å². The number of esters is 1. The standard InChI is InChI=1S/C17H21N3O4S/c1-10(2)18-14(21)5-4-8-20-15(22)12-7-6-11(16(23)24-3)9-13(12)19-17(20)25/h6-7,9-10,12H,4-5,8H2,1-3H3,(H,18,21). The molecule has 8 heteroatoms. The van der Waals surface area contributed by atoms with Crippen LogP contribution in [0.2, 0.25) is 0 Å². The Morgan fingerprint density at radius 2 is 2.16 bits per heavy atom. The number of amides is 2. The largest absolute Gasteiger partial charge is 0.465 e. The molecule has 2 amide bonds. The number of hydrogen-bond acceptors (Lipinski definition) is 5. The van der Waals surface area contributed by atoms with Crippen LogP contribution < -0.4 is 5.32 Å². The predicted molar refractivity (Wildman–Crippen MR) is 97.0 cm³/mol. The Labute approximate surface area is 151 Å². The van der Waals surface area contributed by atoms with Crippen LogP contribution in [-0.4, -0.2) is 53.2 Å². The molecule has 0 fully saturated rings. The van der Waals surface area contributed by atoms with Crippen molar-refractivity contribution in [3.05, 3.63) is 23.8 Å². The number of thiocarbonyl (C=S) groups is 1. The molecule has 0 aromatic rings. The van der Waals surface area contributed by atoms with Gasteiger partial charge in [0.1, 0.15) is 0 Å². The molecule has 1 unspecified atom stereocenters. The van der Waals surface area contributed by atoms with Crippen molar-refractivity contribution >= 4 is 40.8 Å². The first-order valence-electron chi connectivity index (χ1n) is 8.05. The molecule has 0 spiro atoms. The van der Waals surface area contributed by atoms with Crippen LogP contribution in [0.15, 0.2) is 28.8 Å². The summed E-state index contributed by atoms with van der Waals surface area (Å²) in [7, 11) is 1.29. The lowest BCUT2D eigenvalue weighted by Crippen LogP contribution is -2.46. The number of nitrogens with zero attached hydrogens (tertiary/aromatic N) is 2. The minimum atomic E-state index is -0.565. The van der Waals surface area contributed by atoms with Crippen molar-refractivity contribution in [3.8, 4) is 0 Å². The van der Waals surface area contributed by atoms with E-state index in [9.17, 15) is 14.4 Å². The van der Waals surface area contributed by atoms with Crippen LogP contribution in [0.25, 0.3) is 0 Å². The topological polar surface area (TPSA) is 88.1 Å². The Balaban J connectivity index is 2.02. The van der Waals surface area contributed by atoms with E-state index in [0.717, 1.165) is 0 Å². The highest BCUT2D eigenvalue weighted by Crippen LogP contribution is 2.23. The molecule has 134 valence electrons. The first-order valence-corrected chi connectivity index (χ1v) is 8.45. The van der Waals surface area contributed by atoms with Gasteiger partial charge in [-0.15, -0.1) is 0 Å². The lowest BCUT2D eigenvalue weighted by atomic mass is 9.92. The summed E-state index contributed by atoms with van der Waals surface area (Å²) < 4.78 is 4.67. The number of ether oxygens (including phenoxy) is 1. The van der Waals surface area contributed by atoms with Gasteiger partial charge in [0.2, 0.25) is 16.9 Å². The molecule has 1 N–H and O–H groups in total. The third kappa shape index (κ3) is 4.60. The zero-order valence-electron chi connectivity index (χ0n) is 14.4. The molecule has 2 aliphatic rings. The zero-order valence-corrected chi connectivity index (χ0v) is 15.3. The molecule has 1 aliphatic heterocycles. The molecule has 0 saturated heterocycles. The highest BCUT2D eigenvalue weighted by atomic mass is 32.1. The second-order valence-corrected chi connectivity index (χ2v) is 6.43. The molecule has 1 aliphatic carbocycles. The second-order valence-electron chi connectivity index (χ2n) is 6.06. The molecule has 0 aromatic carbocycles. The molecule has 0 aromatic heterocycles. The lowest BCUT2D eigenvalue weighted by molar-refractivity contribution is -0.135. The number of nitrogens with one attached hydrogen (secondary N) is 1. The molecule has 0 bridgehead atoms. The van der Waals surface area contributed by atoms with Gasteiger partial charge in [0.25, 0.3) is 0 Å². The van der Waals surface area contributed by atoms with E-state index in [-0.39, 0.29) is 23.0 Å². The van der Waals surface area contributed by atoms with Gasteiger partial charge >= 0.3 is 5.97 Å². The number of allylic oxidation sites excluding steroid dienone is 1. The van der Waals surface area contributed by atoms with Gasteiger partial charge in [-0.2, -0.15) is 0 Å². The number of carbonyl (C=O) groups is 3. The van der Waals surface area contributed by atoms with Crippen LogP contribution in [0.3, 0.4) is 0 Å². The van der Waals surface area contributed by atoms with Gasteiger partial charge in [-0.25, -0.2) is 9.79 Å². The van der Waals surface area contributed by atoms with Crippen LogP contribution in [0, 0.1) is 5.92 Å². The molecule has 1 heterocycles. The SMILES string of the molecule is COC(=O)C1=CC2=NC(=S)N(CCCC(=O)NC(C)C)C(=O)C2C=C1. The monoisotopic (exact) mass is 363 g/mol. The normalized spacial score (nSPS) is 19.4. The van der Waals surface area contributed by atoms with Crippen molar-refractivity contribution in [3.63, 3.8) is 0 Å². The molecule has 0 radical (unpaired) electrons. The van der Waals surface area contributed by atoms with Crippen LogP contribution in [-0.2, 0) is 19.1 Å². The van der Waals surface area contributed by atoms with Gasteiger partial charge in [0, 0.05) is 19.0 Å². The quantitative estimate of drug-likeness (QED) is 0.565. The fourth-order valence-corrected chi connectivity index (χ4v) is 2.87. The van der Waals surface area contributed by atoms with E-state index in [4.69, 9.17) is 12.2 Å². The number of methoxy groups -OCH3 is 1. The molecular weight excluding hydrogens is 342 g/mol. The highest BCUT2D eigenvalue weighted by Gasteiger charge is 2.35. The predicted octanol–water partition coefficient (Wildman–Crippen LogP) is 1.14. The van der Waals surface area contributed by atoms with Crippen molar-refractivity contribution in [1.29, 1.82) is 0 Å². The van der Waals surface area contributed by atoms with E-state index >= 15 is 0 Å². The maximum atomic E-state index is 12.6. The molecule has 25 heavy (non-hydrogen) atoms. The zero-order chi connectivity index (χ0) is 18.6. The number of fused-ring (bicyclic) bond motifs is 1. The minimum Gasteiger partial charge on any atom is -0.465 e. The summed E-state index contributed by atoms with van der Waals surface area (Å²) in [5.74, 6) is -1.31. The average Bonchev–Trinajstić information content (AvgIpc) is 2.55. The van der Waals surface area contributed by atoms with Gasteiger partial charge in [0.05, 0.1) is 24.3 Å². The third-order valence-electron chi connectivity index (χ3n) is 3.73. The Kier molecular flexibility index (Phi) is 6.19. The molecular formula is C17H21N3O4S. The number of aliphatic imine (C=N–C) groups is 1. The van der Waals surface area contributed by atoms with E-state index in [2.05, 4.69) is 15.0 Å². The Bertz CT molecular complexity index is 694. The summed E-state index contributed by atoms with van der Waals surface area (Å²) in [5.41, 5.74) is 0.763. The highest BCUT2D eigenvalue weighted by molar-refractivity contribution is 7.80. The summed E-state index contributed by atoms with van der Waals surface area (Å²) in [5, 5.41) is 2.95. The summed E-state index contributed by atoms with van der Waals surface area (Å²) in [4.78, 5) is 41.6. The van der Waals surface area contributed by atoms with E-state index in [1.807, 2.05) is 13.8 Å². The summed E-state index contributed by atoms with van der Waals surface area (Å²) in [6.07, 6.45) is 5.50. The number of carbonyl (C=O) groups excluding carboxylic acids is 3. The fraction of sp³-hybridized carbons (Fsp3) is 0.471. The van der Waals surface area contributed by atoms with Gasteiger partial charge in [-0.3, -0.25) is 14.5 Å². The lowest BCUT2D eigenvalue weighted by Gasteiger charge is -2.30. The summed E-state index contributed by atoms with van der Waals surface area (Å²) in [6.45, 7) is 4.11. The van der Waals surface area contributed by atoms with E-state index in [1.165, 1.54) is 18.1 Å². The van der Waals surface area contributed by atoms with E-state index in [0.29, 0.717) is 30.7 Å². The molecule has 2 rings (SSSR count). The molecule has 1 atom stereocenters. The Hall–Kier alpha value is -2.35. The van der Waals surface area contributed by atoms with Crippen LogP contribution in [0.4, 0.5) is 0 Å². The van der Waals surface area contributed by atoms with E-state index in [1.54, 1.807) is 12.2 Å². The van der Waals surface area contributed by atoms with Crippen molar-refractivity contribution < 1.29 is 19.1 Å². The maximum absolute atomic E-state index is 12.6. The fourth-order valence-electron chi connectivity index (χ4n) is 2.58. The first kappa shape index (κ1) is 19.0. The summed E-state index contributed by atoms with van der Waals surface area (Å²) in [6, 6.07) is 0.0838. The maximum Gasteiger partial charge on any atom is 0.337 e. The summed E-state index contributed by atoms with van der Waals surface area (Å²) >= 11 is 5.20. The van der Waals surface area contributed by atoms with Gasteiger partial charge in [0.15, 0.2) is 0 Å². The van der Waals surface area contributed by atoms with Crippen molar-refractivity contribution in [2.24, 2.45) is 10.9 Å². The van der Waals surface area contributed by atoms with Crippen molar-refractivity contribution in [2.45, 2.75) is 32.7 Å². The van der Waals surface area contributed by atoms with Crippen molar-refractivity contribution in [2.75, 3.05) is 13.7 Å². The van der Waals surface area contributed by atoms with Gasteiger partial charge in [-0.05, 0) is 38.6 Å². The minimum absolute atomic E-state index is 0.0576. The third-order valence-corrected chi connectivity index (χ3v) is 4.05. The molecule has 7 nitrogen and oxygen atoms in total. The van der Waals surface area contributed by atoms with Crippen LogP contribution in [0.1, 0.15) is 26.7 Å². The smallest absolute Gasteiger partial charge is 0.337 e.